The van der Waals surface area contributed by atoms with E-state index in [-0.39, 0.29) is 11.8 Å². The standard InChI is InChI=1S/C18H21N5O3/c1-12-6-14(21-20-12)7-13-8-23(10-16(13)24)18(25)17-3-2-15(26-17)9-22-5-4-19-11-22/h2-6,11,13,16,24H,7-10H2,1H3,(H,20,21)/t13-,16+/m1/s1. The second-order valence-corrected chi connectivity index (χ2v) is 6.78. The van der Waals surface area contributed by atoms with E-state index in [4.69, 9.17) is 4.42 Å². The Morgan fingerprint density at radius 1 is 1.42 bits per heavy atom. The lowest BCUT2D eigenvalue weighted by Crippen LogP contribution is -2.29. The Balaban J connectivity index is 1.40. The second kappa shape index (κ2) is 6.80. The molecule has 8 heteroatoms. The first kappa shape index (κ1) is 16.6. The van der Waals surface area contributed by atoms with Crippen LogP contribution in [0.1, 0.15) is 27.7 Å². The summed E-state index contributed by atoms with van der Waals surface area (Å²) in [6, 6.07) is 5.45. The predicted octanol–water partition coefficient (Wildman–Crippen LogP) is 1.23. The van der Waals surface area contributed by atoms with E-state index in [1.54, 1.807) is 29.6 Å². The third kappa shape index (κ3) is 3.41. The van der Waals surface area contributed by atoms with E-state index >= 15 is 0 Å². The second-order valence-electron chi connectivity index (χ2n) is 6.78. The van der Waals surface area contributed by atoms with Crippen LogP contribution in [0.4, 0.5) is 0 Å². The van der Waals surface area contributed by atoms with Gasteiger partial charge in [-0.2, -0.15) is 5.10 Å². The number of rotatable bonds is 5. The van der Waals surface area contributed by atoms with Crippen LogP contribution in [0.3, 0.4) is 0 Å². The minimum Gasteiger partial charge on any atom is -0.454 e. The summed E-state index contributed by atoms with van der Waals surface area (Å²) in [6.45, 7) is 3.26. The van der Waals surface area contributed by atoms with Gasteiger partial charge < -0.3 is 19.0 Å². The zero-order chi connectivity index (χ0) is 18.1. The number of hydrogen-bond acceptors (Lipinski definition) is 5. The maximum Gasteiger partial charge on any atom is 0.289 e. The van der Waals surface area contributed by atoms with E-state index in [9.17, 15) is 9.90 Å². The van der Waals surface area contributed by atoms with Gasteiger partial charge in [0.25, 0.3) is 5.91 Å². The molecule has 3 aromatic rings. The van der Waals surface area contributed by atoms with Crippen molar-refractivity contribution in [3.8, 4) is 0 Å². The number of β-amino-alcohol motifs (C(OH)–C–C–N with tert-alkyl or cyclic N) is 1. The minimum absolute atomic E-state index is 0.0259. The Morgan fingerprint density at radius 3 is 3.04 bits per heavy atom. The van der Waals surface area contributed by atoms with Crippen LogP contribution >= 0.6 is 0 Å². The minimum atomic E-state index is -0.559. The Morgan fingerprint density at radius 2 is 2.31 bits per heavy atom. The normalized spacial score (nSPS) is 20.0. The predicted molar refractivity (Wildman–Crippen MR) is 92.5 cm³/mol. The highest BCUT2D eigenvalue weighted by Gasteiger charge is 2.35. The van der Waals surface area contributed by atoms with Crippen molar-refractivity contribution in [2.24, 2.45) is 5.92 Å². The number of aromatic nitrogens is 4. The highest BCUT2D eigenvalue weighted by atomic mass is 16.4. The quantitative estimate of drug-likeness (QED) is 0.717. The van der Waals surface area contributed by atoms with Crippen molar-refractivity contribution >= 4 is 5.91 Å². The third-order valence-electron chi connectivity index (χ3n) is 4.69. The number of aromatic amines is 1. The molecule has 8 nitrogen and oxygen atoms in total. The van der Waals surface area contributed by atoms with Gasteiger partial charge in [0.2, 0.25) is 0 Å². The summed E-state index contributed by atoms with van der Waals surface area (Å²) < 4.78 is 7.55. The molecule has 1 fully saturated rings. The number of carbonyl (C=O) groups excluding carboxylic acids is 1. The van der Waals surface area contributed by atoms with Crippen LogP contribution in [0.2, 0.25) is 0 Å². The molecular weight excluding hydrogens is 334 g/mol. The molecule has 4 heterocycles. The first-order chi connectivity index (χ1) is 12.6. The topological polar surface area (TPSA) is 100 Å². The highest BCUT2D eigenvalue weighted by Crippen LogP contribution is 2.23. The molecule has 0 spiro atoms. The molecule has 1 amide bonds. The molecular formula is C18H21N5O3. The van der Waals surface area contributed by atoms with Gasteiger partial charge in [0.05, 0.1) is 24.7 Å². The van der Waals surface area contributed by atoms with Gasteiger partial charge in [-0.05, 0) is 31.5 Å². The molecule has 0 saturated carbocycles. The van der Waals surface area contributed by atoms with Crippen molar-refractivity contribution in [2.75, 3.05) is 13.1 Å². The first-order valence-corrected chi connectivity index (χ1v) is 8.61. The van der Waals surface area contributed by atoms with Gasteiger partial charge in [-0.15, -0.1) is 0 Å². The molecule has 3 aromatic heterocycles. The summed E-state index contributed by atoms with van der Waals surface area (Å²) in [5.41, 5.74) is 1.89. The SMILES string of the molecule is Cc1cc(C[C@@H]2CN(C(=O)c3ccc(Cn4ccnc4)o3)C[C@@H]2O)n[nH]1. The smallest absolute Gasteiger partial charge is 0.289 e. The molecule has 2 N–H and O–H groups in total. The number of aliphatic hydroxyl groups excluding tert-OH is 1. The molecule has 1 aliphatic rings. The van der Waals surface area contributed by atoms with Crippen molar-refractivity contribution in [1.82, 2.24) is 24.6 Å². The molecule has 26 heavy (non-hydrogen) atoms. The lowest BCUT2D eigenvalue weighted by atomic mass is 10.0. The number of aryl methyl sites for hydroxylation is 1. The lowest BCUT2D eigenvalue weighted by molar-refractivity contribution is 0.0731. The Bertz CT molecular complexity index is 882. The largest absolute Gasteiger partial charge is 0.454 e. The van der Waals surface area contributed by atoms with E-state index in [1.807, 2.05) is 23.8 Å². The molecule has 0 radical (unpaired) electrons. The van der Waals surface area contributed by atoms with Crippen molar-refractivity contribution < 1.29 is 14.3 Å². The average molecular weight is 355 g/mol. The van der Waals surface area contributed by atoms with Crippen molar-refractivity contribution in [2.45, 2.75) is 26.0 Å². The number of H-pyrrole nitrogens is 1. The molecule has 1 aliphatic heterocycles. The summed E-state index contributed by atoms with van der Waals surface area (Å²) in [7, 11) is 0. The fraction of sp³-hybridized carbons (Fsp3) is 0.389. The van der Waals surface area contributed by atoms with Crippen LogP contribution in [0, 0.1) is 12.8 Å². The molecule has 2 atom stereocenters. The van der Waals surface area contributed by atoms with Crippen LogP contribution in [0.25, 0.3) is 0 Å². The average Bonchev–Trinajstić information content (AvgIpc) is 3.38. The zero-order valence-corrected chi connectivity index (χ0v) is 14.5. The number of furan rings is 1. The Hall–Kier alpha value is -2.87. The molecule has 0 aromatic carbocycles. The molecule has 0 bridgehead atoms. The highest BCUT2D eigenvalue weighted by molar-refractivity contribution is 5.91. The van der Waals surface area contributed by atoms with Crippen LogP contribution in [0.5, 0.6) is 0 Å². The summed E-state index contributed by atoms with van der Waals surface area (Å²) in [4.78, 5) is 18.3. The van der Waals surface area contributed by atoms with Gasteiger partial charge in [0.15, 0.2) is 5.76 Å². The van der Waals surface area contributed by atoms with Crippen LogP contribution in [-0.4, -0.2) is 54.9 Å². The van der Waals surface area contributed by atoms with Crippen molar-refractivity contribution in [3.05, 3.63) is 59.8 Å². The number of nitrogens with zero attached hydrogens (tertiary/aromatic N) is 4. The van der Waals surface area contributed by atoms with Gasteiger partial charge >= 0.3 is 0 Å². The molecule has 0 unspecified atom stereocenters. The van der Waals surface area contributed by atoms with Crippen molar-refractivity contribution in [1.29, 1.82) is 0 Å². The number of likely N-dealkylation sites (tertiary alicyclic amines) is 1. The zero-order valence-electron chi connectivity index (χ0n) is 14.5. The number of hydrogen-bond donors (Lipinski definition) is 2. The Labute approximate surface area is 150 Å². The maximum absolute atomic E-state index is 12.7. The van der Waals surface area contributed by atoms with E-state index < -0.39 is 6.10 Å². The fourth-order valence-corrected chi connectivity index (χ4v) is 3.36. The fourth-order valence-electron chi connectivity index (χ4n) is 3.36. The van der Waals surface area contributed by atoms with Gasteiger partial charge in [0.1, 0.15) is 5.76 Å². The van der Waals surface area contributed by atoms with Crippen molar-refractivity contribution in [3.63, 3.8) is 0 Å². The summed E-state index contributed by atoms with van der Waals surface area (Å²) in [6.07, 6.45) is 5.31. The molecule has 1 saturated heterocycles. The summed E-state index contributed by atoms with van der Waals surface area (Å²) in [5.74, 6) is 0.766. The number of aliphatic hydroxyl groups is 1. The van der Waals surface area contributed by atoms with E-state index in [1.165, 1.54) is 0 Å². The number of amides is 1. The molecule has 136 valence electrons. The summed E-state index contributed by atoms with van der Waals surface area (Å²) in [5, 5.41) is 17.4. The monoisotopic (exact) mass is 355 g/mol. The van der Waals surface area contributed by atoms with Gasteiger partial charge in [0, 0.05) is 37.1 Å². The number of carbonyl (C=O) groups is 1. The van der Waals surface area contributed by atoms with Crippen LogP contribution in [-0.2, 0) is 13.0 Å². The van der Waals surface area contributed by atoms with Crippen LogP contribution < -0.4 is 0 Å². The molecule has 0 aliphatic carbocycles. The third-order valence-corrected chi connectivity index (χ3v) is 4.69. The summed E-state index contributed by atoms with van der Waals surface area (Å²) >= 11 is 0. The Kier molecular flexibility index (Phi) is 4.34. The van der Waals surface area contributed by atoms with Gasteiger partial charge in [-0.3, -0.25) is 9.89 Å². The van der Waals surface area contributed by atoms with Gasteiger partial charge in [-0.25, -0.2) is 4.98 Å². The lowest BCUT2D eigenvalue weighted by Gasteiger charge is -2.14. The van der Waals surface area contributed by atoms with Gasteiger partial charge in [-0.1, -0.05) is 0 Å². The van der Waals surface area contributed by atoms with E-state index in [2.05, 4.69) is 15.2 Å². The maximum atomic E-state index is 12.7. The molecule has 4 rings (SSSR count). The van der Waals surface area contributed by atoms with Crippen LogP contribution in [0.15, 0.2) is 41.3 Å². The van der Waals surface area contributed by atoms with E-state index in [0.717, 1.165) is 11.4 Å². The first-order valence-electron chi connectivity index (χ1n) is 8.61. The van der Waals surface area contributed by atoms with E-state index in [0.29, 0.717) is 37.6 Å². The number of imidazole rings is 1. The number of nitrogens with one attached hydrogen (secondary N) is 1.